The first-order chi connectivity index (χ1) is 33.0. The van der Waals surface area contributed by atoms with Crippen LogP contribution in [0.3, 0.4) is 0 Å². The van der Waals surface area contributed by atoms with Gasteiger partial charge in [0.15, 0.2) is 0 Å². The highest BCUT2D eigenvalue weighted by Gasteiger charge is 2.23. The summed E-state index contributed by atoms with van der Waals surface area (Å²) < 4.78 is 23.2. The summed E-state index contributed by atoms with van der Waals surface area (Å²) in [5.41, 5.74) is 0. The summed E-state index contributed by atoms with van der Waals surface area (Å²) in [5.74, 6) is -0.227. The number of likely N-dealkylation sites (N-methyl/N-ethyl adjacent to an activating group) is 1. The molecule has 0 fully saturated rings. The Morgan fingerprint density at radius 3 is 1.37 bits per heavy atom. The fourth-order valence-corrected chi connectivity index (χ4v) is 7.41. The lowest BCUT2D eigenvalue weighted by atomic mass is 10.1. The number of hydrogen-bond donors (Lipinski definition) is 2. The van der Waals surface area contributed by atoms with E-state index in [0.717, 1.165) is 109 Å². The van der Waals surface area contributed by atoms with Gasteiger partial charge in [-0.1, -0.05) is 205 Å². The number of quaternary nitrogens is 1. The lowest BCUT2D eigenvalue weighted by molar-refractivity contribution is -0.870. The Morgan fingerprint density at radius 2 is 0.912 bits per heavy atom. The van der Waals surface area contributed by atoms with E-state index >= 15 is 0 Å². The molecule has 0 rings (SSSR count). The number of carbonyl (C=O) groups is 1. The van der Waals surface area contributed by atoms with E-state index in [-0.39, 0.29) is 12.5 Å². The van der Waals surface area contributed by atoms with Gasteiger partial charge in [-0.15, -0.1) is 0 Å². The van der Waals surface area contributed by atoms with E-state index in [1.54, 1.807) is 6.08 Å². The number of nitrogens with zero attached hydrogens (tertiary/aromatic N) is 1. The highest BCUT2D eigenvalue weighted by atomic mass is 31.2. The Hall–Kier alpha value is -3.36. The lowest BCUT2D eigenvalue weighted by Crippen LogP contribution is -2.45. The molecule has 0 aliphatic heterocycles. The second kappa shape index (κ2) is 48.7. The van der Waals surface area contributed by atoms with Crippen LogP contribution in [0.1, 0.15) is 181 Å². The van der Waals surface area contributed by atoms with Gasteiger partial charge in [0.25, 0.3) is 7.82 Å². The lowest BCUT2D eigenvalue weighted by Gasteiger charge is -2.29. The zero-order valence-corrected chi connectivity index (χ0v) is 44.6. The van der Waals surface area contributed by atoms with Crippen molar-refractivity contribution in [2.45, 2.75) is 193 Å². The van der Waals surface area contributed by atoms with E-state index in [0.29, 0.717) is 17.4 Å². The Bertz CT molecular complexity index is 1560. The molecule has 68 heavy (non-hydrogen) atoms. The van der Waals surface area contributed by atoms with Crippen molar-refractivity contribution in [1.82, 2.24) is 5.32 Å². The summed E-state index contributed by atoms with van der Waals surface area (Å²) >= 11 is 0. The number of phosphoric acid groups is 1. The molecule has 3 atom stereocenters. The number of carbonyl (C=O) groups excluding carboxylic acids is 1. The van der Waals surface area contributed by atoms with E-state index in [1.807, 2.05) is 27.2 Å². The number of allylic oxidation sites excluding steroid dienone is 21. The highest BCUT2D eigenvalue weighted by Crippen LogP contribution is 2.38. The standard InChI is InChI=1S/C59H99N2O6P/c1-6-8-10-12-14-16-18-19-20-21-22-23-24-25-26-27-28-29-30-31-32-33-34-35-36-37-38-39-40-41-43-45-47-49-51-53-59(63)60-57(56-67-68(64,65)66-55-54-61(3,4)5)58(62)52-50-48-46-44-42-17-15-13-11-9-7-2/h8,10,14,16,19-20,22-23,25-26,28-29,31-32,34-35,37-38,42,44,50,52,57-58,62H,6-7,9,11-13,15,17-18,21,24,27,30,33,36,39-41,43,45-49,51,53-56H2,1-5H3,(H-,60,63,64,65)/b10-8-,16-14-,20-19-,23-22-,26-25-,29-28-,32-31-,35-34-,38-37-,44-42+,52-50+. The molecule has 8 nitrogen and oxygen atoms in total. The van der Waals surface area contributed by atoms with Crippen LogP contribution in [0, 0.1) is 0 Å². The van der Waals surface area contributed by atoms with Crippen molar-refractivity contribution in [3.63, 3.8) is 0 Å². The number of aliphatic hydroxyl groups is 1. The minimum atomic E-state index is -4.61. The molecule has 0 bridgehead atoms. The molecule has 0 heterocycles. The molecular weight excluding hydrogens is 864 g/mol. The molecule has 0 saturated carbocycles. The number of rotatable bonds is 46. The van der Waals surface area contributed by atoms with Crippen molar-refractivity contribution in [2.75, 3.05) is 40.9 Å². The first-order valence-corrected chi connectivity index (χ1v) is 28.0. The maximum Gasteiger partial charge on any atom is 0.268 e. The van der Waals surface area contributed by atoms with E-state index in [9.17, 15) is 19.4 Å². The molecule has 0 aromatic carbocycles. The summed E-state index contributed by atoms with van der Waals surface area (Å²) in [7, 11) is 1.21. The Balaban J connectivity index is 4.20. The van der Waals surface area contributed by atoms with Crippen molar-refractivity contribution < 1.29 is 32.9 Å². The van der Waals surface area contributed by atoms with Gasteiger partial charge in [0.1, 0.15) is 13.2 Å². The van der Waals surface area contributed by atoms with Crippen LogP contribution in [0.2, 0.25) is 0 Å². The Morgan fingerprint density at radius 1 is 0.529 bits per heavy atom. The zero-order valence-electron chi connectivity index (χ0n) is 43.7. The second-order valence-corrected chi connectivity index (χ2v) is 19.9. The first kappa shape index (κ1) is 64.6. The van der Waals surface area contributed by atoms with Crippen LogP contribution < -0.4 is 10.2 Å². The van der Waals surface area contributed by atoms with Gasteiger partial charge in [0.05, 0.1) is 39.9 Å². The molecule has 1 amide bonds. The third-order valence-electron chi connectivity index (χ3n) is 10.8. The first-order valence-electron chi connectivity index (χ1n) is 26.5. The van der Waals surface area contributed by atoms with Gasteiger partial charge in [-0.3, -0.25) is 9.36 Å². The van der Waals surface area contributed by atoms with Crippen LogP contribution in [0.25, 0.3) is 0 Å². The van der Waals surface area contributed by atoms with Crippen LogP contribution in [-0.4, -0.2) is 68.5 Å². The van der Waals surface area contributed by atoms with E-state index < -0.39 is 26.6 Å². The summed E-state index contributed by atoms with van der Waals surface area (Å²) in [5, 5.41) is 13.7. The van der Waals surface area contributed by atoms with Crippen molar-refractivity contribution in [3.8, 4) is 0 Å². The monoisotopic (exact) mass is 963 g/mol. The fourth-order valence-electron chi connectivity index (χ4n) is 6.69. The van der Waals surface area contributed by atoms with Gasteiger partial charge < -0.3 is 28.8 Å². The molecule has 2 N–H and O–H groups in total. The van der Waals surface area contributed by atoms with Crippen LogP contribution in [0.15, 0.2) is 134 Å². The summed E-state index contributed by atoms with van der Waals surface area (Å²) in [6, 6.07) is -0.918. The molecule has 0 aliphatic carbocycles. The maximum absolute atomic E-state index is 12.9. The summed E-state index contributed by atoms with van der Waals surface area (Å²) in [6.45, 7) is 4.44. The zero-order chi connectivity index (χ0) is 49.9. The predicted molar refractivity (Wildman–Crippen MR) is 292 cm³/mol. The van der Waals surface area contributed by atoms with E-state index in [2.05, 4.69) is 141 Å². The van der Waals surface area contributed by atoms with E-state index in [4.69, 9.17) is 9.05 Å². The molecule has 0 spiro atoms. The third-order valence-corrected chi connectivity index (χ3v) is 11.8. The maximum atomic E-state index is 12.9. The third kappa shape index (κ3) is 50.5. The molecule has 3 unspecified atom stereocenters. The summed E-state index contributed by atoms with van der Waals surface area (Å²) in [6.07, 6.45) is 73.8. The molecule has 9 heteroatoms. The van der Waals surface area contributed by atoms with Crippen LogP contribution in [0.4, 0.5) is 0 Å². The Labute approximate surface area is 417 Å². The molecule has 0 aliphatic rings. The highest BCUT2D eigenvalue weighted by molar-refractivity contribution is 7.45. The van der Waals surface area contributed by atoms with Crippen molar-refractivity contribution >= 4 is 13.7 Å². The predicted octanol–water partition coefficient (Wildman–Crippen LogP) is 15.3. The number of nitrogens with one attached hydrogen (secondary N) is 1. The van der Waals surface area contributed by atoms with Gasteiger partial charge in [0.2, 0.25) is 5.91 Å². The van der Waals surface area contributed by atoms with Gasteiger partial charge in [0, 0.05) is 6.42 Å². The van der Waals surface area contributed by atoms with Crippen molar-refractivity contribution in [3.05, 3.63) is 134 Å². The van der Waals surface area contributed by atoms with Crippen molar-refractivity contribution in [2.24, 2.45) is 0 Å². The average Bonchev–Trinajstić information content (AvgIpc) is 3.30. The Kier molecular flexibility index (Phi) is 46.3. The molecule has 386 valence electrons. The van der Waals surface area contributed by atoms with Crippen LogP contribution >= 0.6 is 7.82 Å². The van der Waals surface area contributed by atoms with Gasteiger partial charge in [-0.25, -0.2) is 0 Å². The van der Waals surface area contributed by atoms with Gasteiger partial charge >= 0.3 is 0 Å². The number of aliphatic hydroxyl groups excluding tert-OH is 1. The van der Waals surface area contributed by atoms with Gasteiger partial charge in [-0.2, -0.15) is 0 Å². The average molecular weight is 963 g/mol. The van der Waals surface area contributed by atoms with Gasteiger partial charge in [-0.05, 0) is 103 Å². The normalized spacial score (nSPS) is 15.1. The topological polar surface area (TPSA) is 108 Å². The molecular formula is C59H99N2O6P. The molecule has 0 saturated heterocycles. The molecule has 0 aromatic heterocycles. The number of hydrogen-bond acceptors (Lipinski definition) is 6. The quantitative estimate of drug-likeness (QED) is 0.0272. The number of phosphoric ester groups is 1. The van der Waals surface area contributed by atoms with E-state index in [1.165, 1.54) is 51.4 Å². The smallest absolute Gasteiger partial charge is 0.268 e. The fraction of sp³-hybridized carbons (Fsp3) is 0.610. The largest absolute Gasteiger partial charge is 0.756 e. The summed E-state index contributed by atoms with van der Waals surface area (Å²) in [4.78, 5) is 25.4. The second-order valence-electron chi connectivity index (χ2n) is 18.5. The number of amides is 1. The van der Waals surface area contributed by atoms with Crippen molar-refractivity contribution in [1.29, 1.82) is 0 Å². The SMILES string of the molecule is CC/C=C\C/C=C\C/C=C\C/C=C\C/C=C\C/C=C\C/C=C\C/C=C\C/C=C\CCCCCCCCCC(=O)NC(COP(=O)([O-])OCC[N+](C)(C)C)C(O)/C=C/CC/C=C/CCCCCCC. The minimum absolute atomic E-state index is 0.0162. The van der Waals surface area contributed by atoms with Crippen LogP contribution in [0.5, 0.6) is 0 Å². The number of unbranched alkanes of at least 4 members (excludes halogenated alkanes) is 13. The van der Waals surface area contributed by atoms with Crippen LogP contribution in [-0.2, 0) is 18.4 Å². The molecule has 0 aromatic rings. The molecule has 0 radical (unpaired) electrons. The minimum Gasteiger partial charge on any atom is -0.756 e.